The summed E-state index contributed by atoms with van der Waals surface area (Å²) in [5, 5.41) is 5.31. The number of carbonyl (C=O) groups excluding carboxylic acids is 4. The second kappa shape index (κ2) is 14.5. The topological polar surface area (TPSA) is 102 Å². The fourth-order valence-corrected chi connectivity index (χ4v) is 4.49. The number of nitrogens with zero attached hydrogens (tertiary/aromatic N) is 3. The van der Waals surface area contributed by atoms with Gasteiger partial charge in [0.2, 0.25) is 17.7 Å². The molecule has 4 aromatic carbocycles. The molecule has 4 aromatic rings. The monoisotopic (exact) mass is 577 g/mol. The summed E-state index contributed by atoms with van der Waals surface area (Å²) in [4.78, 5) is 57.3. The van der Waals surface area contributed by atoms with Crippen molar-refractivity contribution in [3.63, 3.8) is 0 Å². The first-order valence-corrected chi connectivity index (χ1v) is 13.9. The smallest absolute Gasteiger partial charge is 0.319 e. The number of hydrogen-bond acceptors (Lipinski definition) is 4. The maximum absolute atomic E-state index is 13.7. The third-order valence-electron chi connectivity index (χ3n) is 6.93. The van der Waals surface area contributed by atoms with Gasteiger partial charge in [-0.3, -0.25) is 14.4 Å². The molecular weight excluding hydrogens is 542 g/mol. The summed E-state index contributed by atoms with van der Waals surface area (Å²) in [5.74, 6) is -1.04. The lowest BCUT2D eigenvalue weighted by molar-refractivity contribution is -0.121. The zero-order valence-corrected chi connectivity index (χ0v) is 24.5. The van der Waals surface area contributed by atoms with Gasteiger partial charge < -0.3 is 25.3 Å². The van der Waals surface area contributed by atoms with E-state index in [2.05, 4.69) is 10.6 Å². The molecule has 0 spiro atoms. The molecule has 0 fully saturated rings. The lowest BCUT2D eigenvalue weighted by Crippen LogP contribution is -2.47. The third-order valence-corrected chi connectivity index (χ3v) is 6.93. The van der Waals surface area contributed by atoms with E-state index in [0.29, 0.717) is 22.6 Å². The van der Waals surface area contributed by atoms with Crippen LogP contribution in [0, 0.1) is 6.92 Å². The SMILES string of the molecule is Cc1cccc(NC(=O)NCC(=O)N(CC(=O)N(C)c2ccccc2)c2ccccc2CC(=O)N(C)c2ccccc2)c1. The van der Waals surface area contributed by atoms with Crippen LogP contribution in [-0.2, 0) is 20.8 Å². The Morgan fingerprint density at radius 2 is 1.23 bits per heavy atom. The average Bonchev–Trinajstić information content (AvgIpc) is 3.03. The standard InChI is InChI=1S/C34H35N5O4/c1-25-13-12-15-27(21-25)36-34(43)35-23-32(41)39(24-33(42)38(3)29-18-8-5-9-19-29)30-20-11-10-14-26(30)22-31(40)37(2)28-16-6-4-7-17-28/h4-21H,22-24H2,1-3H3,(H2,35,36,43). The van der Waals surface area contributed by atoms with E-state index in [1.54, 1.807) is 61.5 Å². The number of nitrogens with one attached hydrogen (secondary N) is 2. The summed E-state index contributed by atoms with van der Waals surface area (Å²) >= 11 is 0. The summed E-state index contributed by atoms with van der Waals surface area (Å²) in [6, 6.07) is 32.1. The highest BCUT2D eigenvalue weighted by molar-refractivity contribution is 6.06. The Hall–Kier alpha value is -5.44. The van der Waals surface area contributed by atoms with E-state index in [4.69, 9.17) is 0 Å². The van der Waals surface area contributed by atoms with Gasteiger partial charge in [0.1, 0.15) is 6.54 Å². The Morgan fingerprint density at radius 1 is 0.651 bits per heavy atom. The fourth-order valence-electron chi connectivity index (χ4n) is 4.49. The van der Waals surface area contributed by atoms with Crippen LogP contribution in [0.4, 0.5) is 27.5 Å². The molecule has 9 nitrogen and oxygen atoms in total. The van der Waals surface area contributed by atoms with Crippen LogP contribution in [0.15, 0.2) is 109 Å². The minimum Gasteiger partial charge on any atom is -0.329 e. The van der Waals surface area contributed by atoms with E-state index >= 15 is 0 Å². The van der Waals surface area contributed by atoms with Gasteiger partial charge in [-0.25, -0.2) is 4.79 Å². The van der Waals surface area contributed by atoms with Crippen molar-refractivity contribution in [3.05, 3.63) is 120 Å². The van der Waals surface area contributed by atoms with Crippen LogP contribution in [0.2, 0.25) is 0 Å². The number of hydrogen-bond donors (Lipinski definition) is 2. The van der Waals surface area contributed by atoms with Crippen molar-refractivity contribution in [2.45, 2.75) is 13.3 Å². The van der Waals surface area contributed by atoms with Gasteiger partial charge in [0.25, 0.3) is 0 Å². The summed E-state index contributed by atoms with van der Waals surface area (Å²) in [6.45, 7) is 1.24. The second-order valence-corrected chi connectivity index (χ2v) is 10.0. The first-order chi connectivity index (χ1) is 20.7. The molecule has 0 aliphatic rings. The summed E-state index contributed by atoms with van der Waals surface area (Å²) in [5.41, 5.74) is 3.96. The lowest BCUT2D eigenvalue weighted by Gasteiger charge is -2.28. The molecule has 0 saturated heterocycles. The third kappa shape index (κ3) is 8.29. The summed E-state index contributed by atoms with van der Waals surface area (Å²) in [7, 11) is 3.33. The van der Waals surface area contributed by atoms with Gasteiger partial charge in [0.15, 0.2) is 0 Å². The molecule has 9 heteroatoms. The Bertz CT molecular complexity index is 1580. The van der Waals surface area contributed by atoms with E-state index < -0.39 is 11.9 Å². The minimum absolute atomic E-state index is 0.00463. The van der Waals surface area contributed by atoms with Crippen LogP contribution in [0.25, 0.3) is 0 Å². The van der Waals surface area contributed by atoms with E-state index in [9.17, 15) is 19.2 Å². The molecule has 0 aromatic heterocycles. The molecule has 0 bridgehead atoms. The van der Waals surface area contributed by atoms with Crippen LogP contribution >= 0.6 is 0 Å². The number of anilines is 4. The molecule has 2 N–H and O–H groups in total. The zero-order valence-electron chi connectivity index (χ0n) is 24.5. The maximum atomic E-state index is 13.7. The quantitative estimate of drug-likeness (QED) is 0.276. The highest BCUT2D eigenvalue weighted by atomic mass is 16.2. The molecule has 0 heterocycles. The Balaban J connectivity index is 1.56. The molecular formula is C34H35N5O4. The fraction of sp³-hybridized carbons (Fsp3) is 0.176. The van der Waals surface area contributed by atoms with Crippen molar-refractivity contribution in [3.8, 4) is 0 Å². The molecule has 43 heavy (non-hydrogen) atoms. The molecule has 220 valence electrons. The number of rotatable bonds is 10. The van der Waals surface area contributed by atoms with Gasteiger partial charge in [-0.15, -0.1) is 0 Å². The van der Waals surface area contributed by atoms with Gasteiger partial charge in [0.05, 0.1) is 13.0 Å². The van der Waals surface area contributed by atoms with Gasteiger partial charge in [0, 0.05) is 36.8 Å². The average molecular weight is 578 g/mol. The Morgan fingerprint density at radius 3 is 1.86 bits per heavy atom. The van der Waals surface area contributed by atoms with Gasteiger partial charge >= 0.3 is 6.03 Å². The minimum atomic E-state index is -0.556. The number of para-hydroxylation sites is 3. The number of urea groups is 1. The summed E-state index contributed by atoms with van der Waals surface area (Å²) < 4.78 is 0. The van der Waals surface area contributed by atoms with Crippen LogP contribution in [0.3, 0.4) is 0 Å². The van der Waals surface area contributed by atoms with Crippen LogP contribution in [0.5, 0.6) is 0 Å². The predicted octanol–water partition coefficient (Wildman–Crippen LogP) is 5.02. The van der Waals surface area contributed by atoms with E-state index in [1.807, 2.05) is 73.7 Å². The molecule has 0 atom stereocenters. The molecule has 0 saturated carbocycles. The van der Waals surface area contributed by atoms with Crippen LogP contribution in [-0.4, -0.2) is 50.9 Å². The van der Waals surface area contributed by atoms with Gasteiger partial charge in [-0.1, -0.05) is 66.7 Å². The molecule has 0 aliphatic heterocycles. The number of amides is 5. The van der Waals surface area contributed by atoms with E-state index in [1.165, 1.54) is 9.80 Å². The summed E-state index contributed by atoms with van der Waals surface area (Å²) in [6.07, 6.45) is -0.00463. The van der Waals surface area contributed by atoms with Crippen molar-refractivity contribution >= 4 is 46.5 Å². The van der Waals surface area contributed by atoms with Crippen molar-refractivity contribution in [1.82, 2.24) is 5.32 Å². The Kier molecular flexibility index (Phi) is 10.3. The van der Waals surface area contributed by atoms with Gasteiger partial charge in [-0.2, -0.15) is 0 Å². The zero-order chi connectivity index (χ0) is 30.8. The lowest BCUT2D eigenvalue weighted by atomic mass is 10.1. The maximum Gasteiger partial charge on any atom is 0.319 e. The molecule has 0 aliphatic carbocycles. The van der Waals surface area contributed by atoms with Crippen molar-refractivity contribution in [1.29, 1.82) is 0 Å². The molecule has 0 unspecified atom stereocenters. The number of benzene rings is 4. The largest absolute Gasteiger partial charge is 0.329 e. The van der Waals surface area contributed by atoms with Crippen LogP contribution < -0.4 is 25.3 Å². The molecule has 5 amide bonds. The number of carbonyl (C=O) groups is 4. The highest BCUT2D eigenvalue weighted by Gasteiger charge is 2.25. The Labute approximate surface area is 251 Å². The van der Waals surface area contributed by atoms with Crippen molar-refractivity contribution in [2.24, 2.45) is 0 Å². The second-order valence-electron chi connectivity index (χ2n) is 10.0. The predicted molar refractivity (Wildman–Crippen MR) is 170 cm³/mol. The normalized spacial score (nSPS) is 10.4. The molecule has 4 rings (SSSR count). The van der Waals surface area contributed by atoms with Crippen molar-refractivity contribution < 1.29 is 19.2 Å². The number of aryl methyl sites for hydroxylation is 1. The van der Waals surface area contributed by atoms with Crippen molar-refractivity contribution in [2.75, 3.05) is 47.2 Å². The highest BCUT2D eigenvalue weighted by Crippen LogP contribution is 2.24. The first-order valence-electron chi connectivity index (χ1n) is 13.9. The van der Waals surface area contributed by atoms with E-state index in [-0.39, 0.29) is 31.3 Å². The first kappa shape index (κ1) is 30.5. The number of likely N-dealkylation sites (N-methyl/N-ethyl adjacent to an activating group) is 2. The van der Waals surface area contributed by atoms with E-state index in [0.717, 1.165) is 11.3 Å². The van der Waals surface area contributed by atoms with Gasteiger partial charge in [-0.05, 0) is 60.5 Å². The van der Waals surface area contributed by atoms with Crippen LogP contribution in [0.1, 0.15) is 11.1 Å². The molecule has 0 radical (unpaired) electrons.